The summed E-state index contributed by atoms with van der Waals surface area (Å²) in [6.45, 7) is 13.5. The summed E-state index contributed by atoms with van der Waals surface area (Å²) in [7, 11) is 0. The number of thiophene rings is 1. The first kappa shape index (κ1) is 21.8. The third kappa shape index (κ3) is 4.99. The predicted octanol–water partition coefficient (Wildman–Crippen LogP) is 7.54. The van der Waals surface area contributed by atoms with E-state index in [9.17, 15) is 5.11 Å². The highest BCUT2D eigenvalue weighted by Gasteiger charge is 2.31. The van der Waals surface area contributed by atoms with Crippen molar-refractivity contribution >= 4 is 41.0 Å². The molecule has 1 heterocycles. The SMILES string of the molecule is C=C(O)c1c(C(/C=C\C)=C(/C)CNc2ccc(S)cc2)sc2c1CC(C)(C)CC2. The number of nitrogens with one attached hydrogen (secondary N) is 1. The van der Waals surface area contributed by atoms with Crippen molar-refractivity contribution < 1.29 is 5.11 Å². The van der Waals surface area contributed by atoms with Crippen molar-refractivity contribution in [1.29, 1.82) is 0 Å². The molecule has 0 saturated heterocycles. The second-order valence-corrected chi connectivity index (χ2v) is 10.2. The number of aliphatic hydroxyl groups is 1. The summed E-state index contributed by atoms with van der Waals surface area (Å²) in [6.07, 6.45) is 7.47. The minimum Gasteiger partial charge on any atom is -0.508 e. The van der Waals surface area contributed by atoms with Gasteiger partial charge in [-0.05, 0) is 79.5 Å². The van der Waals surface area contributed by atoms with Crippen LogP contribution in [-0.4, -0.2) is 11.7 Å². The Morgan fingerprint density at radius 1 is 1.31 bits per heavy atom. The molecule has 0 saturated carbocycles. The maximum absolute atomic E-state index is 10.5. The topological polar surface area (TPSA) is 32.3 Å². The molecule has 154 valence electrons. The van der Waals surface area contributed by atoms with Gasteiger partial charge >= 0.3 is 0 Å². The summed E-state index contributed by atoms with van der Waals surface area (Å²) >= 11 is 6.17. The van der Waals surface area contributed by atoms with Crippen LogP contribution in [0.4, 0.5) is 5.69 Å². The Kier molecular flexibility index (Phi) is 6.65. The van der Waals surface area contributed by atoms with Crippen LogP contribution in [0.5, 0.6) is 0 Å². The molecule has 0 spiro atoms. The Balaban J connectivity index is 2.00. The van der Waals surface area contributed by atoms with Crippen LogP contribution in [0, 0.1) is 5.41 Å². The number of anilines is 1. The first-order valence-corrected chi connectivity index (χ1v) is 11.4. The summed E-state index contributed by atoms with van der Waals surface area (Å²) in [5.74, 6) is 0.183. The fourth-order valence-corrected chi connectivity index (χ4v) is 5.49. The molecule has 1 aliphatic rings. The maximum atomic E-state index is 10.5. The highest BCUT2D eigenvalue weighted by Crippen LogP contribution is 2.46. The van der Waals surface area contributed by atoms with Crippen LogP contribution >= 0.6 is 24.0 Å². The van der Waals surface area contributed by atoms with Gasteiger partial charge in [-0.25, -0.2) is 0 Å². The first-order chi connectivity index (χ1) is 13.7. The largest absolute Gasteiger partial charge is 0.508 e. The van der Waals surface area contributed by atoms with Crippen molar-refractivity contribution in [3.63, 3.8) is 0 Å². The second kappa shape index (κ2) is 8.85. The predicted molar refractivity (Wildman–Crippen MR) is 131 cm³/mol. The first-order valence-electron chi connectivity index (χ1n) is 10.1. The normalized spacial score (nSPS) is 16.4. The van der Waals surface area contributed by atoms with E-state index in [1.807, 2.05) is 42.5 Å². The molecule has 0 unspecified atom stereocenters. The van der Waals surface area contributed by atoms with E-state index in [1.165, 1.54) is 28.0 Å². The van der Waals surface area contributed by atoms with Gasteiger partial charge in [0.25, 0.3) is 0 Å². The van der Waals surface area contributed by atoms with Gasteiger partial charge in [-0.2, -0.15) is 0 Å². The molecule has 2 aromatic rings. The van der Waals surface area contributed by atoms with E-state index in [2.05, 4.69) is 57.4 Å². The second-order valence-electron chi connectivity index (χ2n) is 8.59. The Bertz CT molecular complexity index is 961. The fourth-order valence-electron chi connectivity index (χ4n) is 3.90. The monoisotopic (exact) mass is 425 g/mol. The average Bonchev–Trinajstić information content (AvgIpc) is 3.02. The molecule has 3 rings (SSSR count). The quantitative estimate of drug-likeness (QED) is 0.254. The van der Waals surface area contributed by atoms with Gasteiger partial charge in [0, 0.05) is 32.4 Å². The van der Waals surface area contributed by atoms with E-state index in [0.717, 1.165) is 40.4 Å². The number of fused-ring (bicyclic) bond motifs is 1. The standard InChI is InChI=1S/C25H31NOS2/c1-6-7-20(16(2)15-26-18-8-10-19(28)11-9-18)24-23(17(3)27)21-14-25(4,5)13-12-22(21)29-24/h6-11,26-28H,3,12-15H2,1-2,4-5H3/b7-6-,20-16-. The molecule has 0 fully saturated rings. The lowest BCUT2D eigenvalue weighted by molar-refractivity contribution is 0.317. The molecular formula is C25H31NOS2. The average molecular weight is 426 g/mol. The number of hydrogen-bond donors (Lipinski definition) is 3. The smallest absolute Gasteiger partial charge is 0.117 e. The molecule has 1 aromatic carbocycles. The third-order valence-corrected chi connectivity index (χ3v) is 7.15. The molecule has 0 atom stereocenters. The van der Waals surface area contributed by atoms with Crippen molar-refractivity contribution in [2.45, 2.75) is 51.9 Å². The van der Waals surface area contributed by atoms with Crippen LogP contribution < -0.4 is 5.32 Å². The van der Waals surface area contributed by atoms with Crippen LogP contribution in [0.15, 0.2) is 53.5 Å². The molecule has 2 nitrogen and oxygen atoms in total. The van der Waals surface area contributed by atoms with Gasteiger partial charge in [-0.15, -0.1) is 24.0 Å². The molecule has 1 aliphatic carbocycles. The highest BCUT2D eigenvalue weighted by molar-refractivity contribution is 7.80. The van der Waals surface area contributed by atoms with Crippen LogP contribution in [0.3, 0.4) is 0 Å². The van der Waals surface area contributed by atoms with Crippen LogP contribution in [-0.2, 0) is 12.8 Å². The summed E-state index contributed by atoms with van der Waals surface area (Å²) < 4.78 is 0. The van der Waals surface area contributed by atoms with Gasteiger partial charge in [0.2, 0.25) is 0 Å². The Morgan fingerprint density at radius 2 is 2.00 bits per heavy atom. The highest BCUT2D eigenvalue weighted by atomic mass is 32.1. The Morgan fingerprint density at radius 3 is 2.62 bits per heavy atom. The summed E-state index contributed by atoms with van der Waals surface area (Å²) in [5.41, 5.74) is 5.98. The lowest BCUT2D eigenvalue weighted by Crippen LogP contribution is -2.21. The van der Waals surface area contributed by atoms with E-state index in [1.54, 1.807) is 0 Å². The third-order valence-electron chi connectivity index (χ3n) is 5.53. The zero-order chi connectivity index (χ0) is 21.2. The number of rotatable bonds is 6. The summed E-state index contributed by atoms with van der Waals surface area (Å²) in [5, 5.41) is 14.0. The summed E-state index contributed by atoms with van der Waals surface area (Å²) in [4.78, 5) is 3.50. The van der Waals surface area contributed by atoms with Crippen molar-refractivity contribution in [3.8, 4) is 0 Å². The van der Waals surface area contributed by atoms with Gasteiger partial charge in [0.05, 0.1) is 0 Å². The number of hydrogen-bond acceptors (Lipinski definition) is 4. The van der Waals surface area contributed by atoms with Crippen LogP contribution in [0.25, 0.3) is 11.3 Å². The molecule has 4 heteroatoms. The van der Waals surface area contributed by atoms with Gasteiger partial charge in [-0.1, -0.05) is 32.6 Å². The van der Waals surface area contributed by atoms with Gasteiger partial charge in [-0.3, -0.25) is 0 Å². The number of aliphatic hydroxyl groups excluding tert-OH is 1. The van der Waals surface area contributed by atoms with Crippen molar-refractivity contribution in [3.05, 3.63) is 69.5 Å². The Hall–Kier alpha value is -1.91. The summed E-state index contributed by atoms with van der Waals surface area (Å²) in [6, 6.07) is 8.05. The Labute approximate surface area is 184 Å². The van der Waals surface area contributed by atoms with E-state index in [4.69, 9.17) is 0 Å². The zero-order valence-electron chi connectivity index (χ0n) is 17.8. The number of aryl methyl sites for hydroxylation is 1. The maximum Gasteiger partial charge on any atom is 0.117 e. The van der Waals surface area contributed by atoms with Gasteiger partial charge < -0.3 is 10.4 Å². The molecule has 1 aromatic heterocycles. The number of allylic oxidation sites excluding steroid dienone is 3. The van der Waals surface area contributed by atoms with E-state index in [-0.39, 0.29) is 11.2 Å². The molecule has 0 aliphatic heterocycles. The van der Waals surface area contributed by atoms with Crippen molar-refractivity contribution in [1.82, 2.24) is 0 Å². The van der Waals surface area contributed by atoms with Crippen LogP contribution in [0.1, 0.15) is 55.0 Å². The minimum atomic E-state index is 0.183. The molecule has 2 N–H and O–H groups in total. The minimum absolute atomic E-state index is 0.183. The van der Waals surface area contributed by atoms with E-state index < -0.39 is 0 Å². The zero-order valence-corrected chi connectivity index (χ0v) is 19.5. The molecule has 0 bridgehead atoms. The van der Waals surface area contributed by atoms with Crippen molar-refractivity contribution in [2.75, 3.05) is 11.9 Å². The van der Waals surface area contributed by atoms with Gasteiger partial charge in [0.15, 0.2) is 0 Å². The van der Waals surface area contributed by atoms with Crippen molar-refractivity contribution in [2.24, 2.45) is 5.41 Å². The molecule has 0 radical (unpaired) electrons. The fraction of sp³-hybridized carbons (Fsp3) is 0.360. The molecule has 0 amide bonds. The van der Waals surface area contributed by atoms with Gasteiger partial charge in [0.1, 0.15) is 5.76 Å². The number of benzene rings is 1. The van der Waals surface area contributed by atoms with E-state index >= 15 is 0 Å². The van der Waals surface area contributed by atoms with E-state index in [0.29, 0.717) is 0 Å². The molecule has 29 heavy (non-hydrogen) atoms. The lowest BCUT2D eigenvalue weighted by atomic mass is 9.75. The molecular weight excluding hydrogens is 394 g/mol. The lowest BCUT2D eigenvalue weighted by Gasteiger charge is -2.30. The number of thiol groups is 1. The van der Waals surface area contributed by atoms with Crippen LogP contribution in [0.2, 0.25) is 0 Å².